The van der Waals surface area contributed by atoms with Crippen LogP contribution in [0.3, 0.4) is 0 Å². The predicted octanol–water partition coefficient (Wildman–Crippen LogP) is 13.6. The monoisotopic (exact) mass is 1540 g/mol. The van der Waals surface area contributed by atoms with Gasteiger partial charge in [-0.25, -0.2) is 18.4 Å². The number of aliphatic hydroxyl groups excluding tert-OH is 1. The summed E-state index contributed by atoms with van der Waals surface area (Å²) >= 11 is 7.27. The molecule has 23 nitrogen and oxygen atoms in total. The van der Waals surface area contributed by atoms with Crippen molar-refractivity contribution < 1.29 is 89.8 Å². The number of carbonyl (C=O) groups excluding carboxylic acids is 8. The molecule has 26 heteroatoms. The molecule has 0 radical (unpaired) electrons. The fourth-order valence-electron chi connectivity index (χ4n) is 16.7. The van der Waals surface area contributed by atoms with Crippen LogP contribution in [0.4, 0.5) is 0 Å². The molecule has 0 bridgehead atoms. The Labute approximate surface area is 637 Å². The van der Waals surface area contributed by atoms with Crippen LogP contribution in [0.5, 0.6) is 23.0 Å². The van der Waals surface area contributed by atoms with E-state index in [1.807, 2.05) is 56.3 Å². The molecule has 6 aliphatic heterocycles. The molecule has 4 aromatic rings. The van der Waals surface area contributed by atoms with E-state index in [1.54, 1.807) is 79.4 Å². The maximum Gasteiger partial charge on any atom is 0.313 e. The van der Waals surface area contributed by atoms with Gasteiger partial charge in [0, 0.05) is 82.9 Å². The van der Waals surface area contributed by atoms with Crippen molar-refractivity contribution in [1.82, 2.24) is 19.8 Å². The number of fused-ring (bicyclic) bond motifs is 10. The number of methoxy groups -OCH3 is 2. The molecule has 8 heterocycles. The van der Waals surface area contributed by atoms with Crippen molar-refractivity contribution >= 4 is 100 Å². The Hall–Kier alpha value is -7.41. The molecule has 8 aliphatic rings. The van der Waals surface area contributed by atoms with Crippen molar-refractivity contribution in [1.29, 1.82) is 0 Å². The smallest absolute Gasteiger partial charge is 0.313 e. The van der Waals surface area contributed by atoms with Crippen LogP contribution in [-0.4, -0.2) is 162 Å². The van der Waals surface area contributed by atoms with Gasteiger partial charge in [-0.1, -0.05) is 50.0 Å². The van der Waals surface area contributed by atoms with Crippen LogP contribution in [0, 0.1) is 48.3 Å². The number of pyridine rings is 2. The number of aromatic nitrogens is 2. The second-order valence-corrected chi connectivity index (χ2v) is 36.0. The zero-order valence-corrected chi connectivity index (χ0v) is 66.4. The average molecular weight is 1540 g/mol. The standard InChI is InChI=1S/C40H51ClN2O8.C40H52N2O9.CH3ClO2S/c1-7-49-37(47)40-19-26(40)14-12-10-8-9-11-13-25(17-33(45)50-38(3,4)5)36(46)43-23-39(21-31(43)32(44)22-40)20-29(41)34-28-18-27(48-6)15-16-30(28)42-24(2)35(34)51-39;1-7-49-37(47)40-19-26(40)14-12-10-8-9-11-13-25(17-33(45)50-38(3,4)5)36(46)42-23-39(20-30(42)31(43)22-40)21-32(44)34-28-18-27(48-6)15-16-29(28)41-24(2)35(34)51-39;1-5(2,3)4/h12,14-16,18,25-26,29,31H,7-11,13,17,19-23H2,1-6H3;12,14-16,18,25-26,30,32,44H,7-11,13,17,19-23H2,1-6H3;1H3/b2*14-12-;/t25-,26-,29?,31+,39-,40-;25-,26-,30+,32?,39+,40-;/m11./s1. The first-order valence-corrected chi connectivity index (χ1v) is 40.9. The molecule has 2 aliphatic carbocycles. The lowest BCUT2D eigenvalue weighted by Crippen LogP contribution is -2.47. The van der Waals surface area contributed by atoms with Gasteiger partial charge in [-0.2, -0.15) is 0 Å². The zero-order chi connectivity index (χ0) is 77.9. The summed E-state index contributed by atoms with van der Waals surface area (Å²) in [5.41, 5.74) is -1.36. The van der Waals surface area contributed by atoms with E-state index in [4.69, 9.17) is 59.5 Å². The molecule has 12 atom stereocenters. The third kappa shape index (κ3) is 19.3. The number of aryl methyl sites for hydroxylation is 2. The molecule has 2 saturated heterocycles. The van der Waals surface area contributed by atoms with E-state index in [9.17, 15) is 51.9 Å². The number of ketones is 2. The molecule has 2 amide bonds. The number of ether oxygens (including phenoxy) is 8. The molecule has 2 aromatic carbocycles. The second-order valence-electron chi connectivity index (χ2n) is 32.4. The molecule has 12 rings (SSSR count). The largest absolute Gasteiger partial charge is 0.497 e. The topological polar surface area (TPSA) is 297 Å². The van der Waals surface area contributed by atoms with Gasteiger partial charge >= 0.3 is 23.9 Å². The van der Waals surface area contributed by atoms with Crippen molar-refractivity contribution in [3.63, 3.8) is 0 Å². The van der Waals surface area contributed by atoms with Gasteiger partial charge in [0.05, 0.1) is 116 Å². The Kier molecular flexibility index (Phi) is 25.3. The minimum Gasteiger partial charge on any atom is -0.497 e. The number of rotatable bonds is 10. The van der Waals surface area contributed by atoms with Crippen LogP contribution in [0.1, 0.15) is 218 Å². The van der Waals surface area contributed by atoms with E-state index in [1.165, 1.54) is 0 Å². The molecular weight excluding hydrogens is 1440 g/mol. The van der Waals surface area contributed by atoms with Gasteiger partial charge in [0.25, 0.3) is 0 Å². The molecule has 1 N–H and O–H groups in total. The van der Waals surface area contributed by atoms with Crippen molar-refractivity contribution in [2.45, 2.75) is 244 Å². The fraction of sp³-hybridized carbons (Fsp3) is 0.630. The summed E-state index contributed by atoms with van der Waals surface area (Å²) < 4.78 is 65.8. The van der Waals surface area contributed by atoms with Crippen molar-refractivity contribution in [3.8, 4) is 23.0 Å². The van der Waals surface area contributed by atoms with Crippen LogP contribution in [0.2, 0.25) is 0 Å². The van der Waals surface area contributed by atoms with Crippen molar-refractivity contribution in [3.05, 3.63) is 83.2 Å². The Morgan fingerprint density at radius 3 is 1.41 bits per heavy atom. The van der Waals surface area contributed by atoms with Gasteiger partial charge in [0.2, 0.25) is 20.9 Å². The highest BCUT2D eigenvalue weighted by molar-refractivity contribution is 8.13. The van der Waals surface area contributed by atoms with Gasteiger partial charge in [-0.15, -0.1) is 11.6 Å². The lowest BCUT2D eigenvalue weighted by Gasteiger charge is -2.39. The number of alkyl halides is 1. The summed E-state index contributed by atoms with van der Waals surface area (Å²) in [6.45, 7) is 18.6. The first-order chi connectivity index (χ1) is 50.4. The van der Waals surface area contributed by atoms with Crippen LogP contribution >= 0.6 is 22.3 Å². The van der Waals surface area contributed by atoms with Crippen LogP contribution in [-0.2, 0) is 66.4 Å². The zero-order valence-electron chi connectivity index (χ0n) is 64.1. The van der Waals surface area contributed by atoms with E-state index in [0.29, 0.717) is 83.0 Å². The van der Waals surface area contributed by atoms with Crippen LogP contribution in [0.25, 0.3) is 21.8 Å². The predicted molar refractivity (Wildman–Crippen MR) is 402 cm³/mol. The van der Waals surface area contributed by atoms with E-state index < -0.39 is 95.6 Å². The second kappa shape index (κ2) is 33.0. The van der Waals surface area contributed by atoms with E-state index in [2.05, 4.69) is 28.9 Å². The third-order valence-corrected chi connectivity index (χ3v) is 22.2. The quantitative estimate of drug-likeness (QED) is 0.0507. The number of benzene rings is 2. The van der Waals surface area contributed by atoms with Gasteiger partial charge < -0.3 is 52.8 Å². The molecule has 2 unspecified atom stereocenters. The Morgan fingerprint density at radius 2 is 1.01 bits per heavy atom. The van der Waals surface area contributed by atoms with Crippen molar-refractivity contribution in [2.75, 3.05) is 46.8 Å². The lowest BCUT2D eigenvalue weighted by atomic mass is 9.84. The van der Waals surface area contributed by atoms with E-state index >= 15 is 0 Å². The van der Waals surface area contributed by atoms with Crippen LogP contribution < -0.4 is 18.9 Å². The molecule has 2 aromatic heterocycles. The van der Waals surface area contributed by atoms with Gasteiger partial charge in [-0.3, -0.25) is 38.4 Å². The fourth-order valence-corrected chi connectivity index (χ4v) is 17.2. The van der Waals surface area contributed by atoms with Gasteiger partial charge in [0.1, 0.15) is 45.4 Å². The average Bonchev–Trinajstić information content (AvgIpc) is 1.61. The Morgan fingerprint density at radius 1 is 0.607 bits per heavy atom. The summed E-state index contributed by atoms with van der Waals surface area (Å²) in [5.74, 6) is -2.11. The van der Waals surface area contributed by atoms with Crippen molar-refractivity contribution in [2.24, 2.45) is 34.5 Å². The van der Waals surface area contributed by atoms with E-state index in [0.717, 1.165) is 74.1 Å². The summed E-state index contributed by atoms with van der Waals surface area (Å²) in [4.78, 5) is 124. The molecule has 4 fully saturated rings. The van der Waals surface area contributed by atoms with Crippen LogP contribution in [0.15, 0.2) is 60.7 Å². The van der Waals surface area contributed by atoms with E-state index in [-0.39, 0.29) is 112 Å². The third-order valence-electron chi connectivity index (χ3n) is 21.8. The number of carbonyl (C=O) groups is 8. The highest BCUT2D eigenvalue weighted by atomic mass is 35.7. The first-order valence-electron chi connectivity index (χ1n) is 37.7. The Bertz CT molecular complexity index is 3990. The summed E-state index contributed by atoms with van der Waals surface area (Å²) in [6.07, 6.45) is 17.4. The number of hydrogen-bond acceptors (Lipinski definition) is 21. The lowest BCUT2D eigenvalue weighted by molar-refractivity contribution is -0.159. The minimum atomic E-state index is -3.19. The Balaban J connectivity index is 0.000000215. The maximum absolute atomic E-state index is 14.7. The summed E-state index contributed by atoms with van der Waals surface area (Å²) in [5, 5.41) is 12.9. The number of nitrogens with zero attached hydrogens (tertiary/aromatic N) is 4. The molecule has 2 spiro atoms. The number of esters is 4. The van der Waals surface area contributed by atoms with Gasteiger partial charge in [0.15, 0.2) is 11.6 Å². The summed E-state index contributed by atoms with van der Waals surface area (Å²) in [7, 11) is 4.49. The highest BCUT2D eigenvalue weighted by Gasteiger charge is 2.65. The molecule has 2 saturated carbocycles. The minimum absolute atomic E-state index is 0.0366. The number of allylic oxidation sites excluding steroid dienone is 4. The number of aliphatic hydroxyl groups is 1. The number of Topliss-reactive ketones (excluding diaryl/α,β-unsaturated/α-hetero) is 2. The molecule has 584 valence electrons. The maximum atomic E-state index is 14.7. The number of amides is 2. The number of hydrogen-bond donors (Lipinski definition) is 1. The number of halogens is 2. The first kappa shape index (κ1) is 82.1. The SMILES string of the molecule is CCOC(=O)[C@]12CC(=O)[C@@H]3C[C@]4(CC(Cl)c5c(c(C)nc6ccc(OC)cc56)O4)CN3C(=O)[C@@H](CC(=O)OC(C)(C)C)CCCCC/C=C\[C@@H]1C2.CCOC(=O)[C@]12CC(=O)[C@@H]3C[C@]4(CC(O)c5c(c(C)nc6ccc(OC)cc56)O4)CN3C(=O)[C@@H](CC(=O)OC(C)(C)C)CCCCC/C=C\[C@@H]1C2.CS(=O)(=O)Cl. The normalized spacial score (nSPS) is 29.4. The van der Waals surface area contributed by atoms with Gasteiger partial charge in [-0.05, 0) is 169 Å². The highest BCUT2D eigenvalue weighted by Crippen LogP contribution is 2.60. The molecule has 107 heavy (non-hydrogen) atoms. The summed E-state index contributed by atoms with van der Waals surface area (Å²) in [6, 6.07) is 9.33. The molecular formula is C81H106Cl2N4O19S.